The molecule has 1 aromatic rings. The summed E-state index contributed by atoms with van der Waals surface area (Å²) in [6, 6.07) is 5.49. The maximum atomic E-state index is 12.3. The number of nitrogens with two attached hydrogens (primary N) is 1. The van der Waals surface area contributed by atoms with E-state index in [1.807, 2.05) is 18.2 Å². The van der Waals surface area contributed by atoms with Gasteiger partial charge in [0.15, 0.2) is 0 Å². The van der Waals surface area contributed by atoms with Crippen LogP contribution in [0.15, 0.2) is 18.2 Å². The first-order chi connectivity index (χ1) is 10.1. The van der Waals surface area contributed by atoms with E-state index in [0.29, 0.717) is 34.8 Å². The van der Waals surface area contributed by atoms with Crippen LogP contribution in [0.2, 0.25) is 10.0 Å². The normalized spacial score (nSPS) is 29.2. The first-order valence-corrected chi connectivity index (χ1v) is 8.29. The van der Waals surface area contributed by atoms with Gasteiger partial charge in [0.05, 0.1) is 5.92 Å². The summed E-state index contributed by atoms with van der Waals surface area (Å²) < 4.78 is 0. The number of fused-ring (bicyclic) bond motifs is 2. The Morgan fingerprint density at radius 1 is 1.23 bits per heavy atom. The van der Waals surface area contributed by atoms with Crippen LogP contribution in [-0.2, 0) is 11.2 Å². The number of hydrogen-bond donors (Lipinski definition) is 2. The molecule has 2 fully saturated rings. The third-order valence-corrected chi connectivity index (χ3v) is 5.73. The Balaban J connectivity index is 0.00000176. The molecule has 3 N–H and O–H groups in total. The van der Waals surface area contributed by atoms with Gasteiger partial charge in [-0.25, -0.2) is 0 Å². The van der Waals surface area contributed by atoms with E-state index >= 15 is 0 Å². The van der Waals surface area contributed by atoms with Gasteiger partial charge in [0.2, 0.25) is 5.91 Å². The van der Waals surface area contributed by atoms with E-state index in [1.165, 1.54) is 6.42 Å². The minimum absolute atomic E-state index is 0. The number of amides is 1. The Labute approximate surface area is 147 Å². The average molecular weight is 364 g/mol. The summed E-state index contributed by atoms with van der Waals surface area (Å²) in [6.45, 7) is 0.545. The quantitative estimate of drug-likeness (QED) is 0.861. The number of carbonyl (C=O) groups excluding carboxylic acids is 1. The highest BCUT2D eigenvalue weighted by Crippen LogP contribution is 2.47. The highest BCUT2D eigenvalue weighted by Gasteiger charge is 2.48. The Kier molecular flexibility index (Phi) is 6.00. The lowest BCUT2D eigenvalue weighted by atomic mass is 9.84. The fourth-order valence-corrected chi connectivity index (χ4v) is 4.51. The predicted molar refractivity (Wildman–Crippen MR) is 92.7 cm³/mol. The van der Waals surface area contributed by atoms with Gasteiger partial charge in [-0.05, 0) is 55.2 Å². The largest absolute Gasteiger partial charge is 0.355 e. The lowest BCUT2D eigenvalue weighted by molar-refractivity contribution is -0.127. The Hall–Kier alpha value is -0.480. The van der Waals surface area contributed by atoms with Gasteiger partial charge in [0.1, 0.15) is 0 Å². The van der Waals surface area contributed by atoms with Crippen molar-refractivity contribution in [2.75, 3.05) is 6.54 Å². The van der Waals surface area contributed by atoms with Crippen molar-refractivity contribution in [3.8, 4) is 0 Å². The summed E-state index contributed by atoms with van der Waals surface area (Å²) in [5, 5.41) is 4.30. The molecule has 4 atom stereocenters. The molecule has 22 heavy (non-hydrogen) atoms. The molecule has 0 spiro atoms. The molecule has 0 radical (unpaired) electrons. The molecule has 122 valence electrons. The predicted octanol–water partition coefficient (Wildman–Crippen LogP) is 3.45. The molecule has 6 heteroatoms. The van der Waals surface area contributed by atoms with Gasteiger partial charge in [0, 0.05) is 22.6 Å². The van der Waals surface area contributed by atoms with Crippen LogP contribution in [0.5, 0.6) is 0 Å². The van der Waals surface area contributed by atoms with E-state index in [2.05, 4.69) is 5.32 Å². The van der Waals surface area contributed by atoms with Crippen molar-refractivity contribution in [3.63, 3.8) is 0 Å². The van der Waals surface area contributed by atoms with Crippen molar-refractivity contribution in [1.82, 2.24) is 5.32 Å². The van der Waals surface area contributed by atoms with Crippen LogP contribution in [-0.4, -0.2) is 18.5 Å². The monoisotopic (exact) mass is 362 g/mol. The van der Waals surface area contributed by atoms with Gasteiger partial charge in [-0.15, -0.1) is 12.4 Å². The van der Waals surface area contributed by atoms with E-state index in [1.54, 1.807) is 0 Å². The van der Waals surface area contributed by atoms with Crippen LogP contribution in [0.1, 0.15) is 24.8 Å². The molecule has 0 aliphatic heterocycles. The molecule has 2 bridgehead atoms. The van der Waals surface area contributed by atoms with E-state index < -0.39 is 0 Å². The molecule has 0 aromatic heterocycles. The first-order valence-electron chi connectivity index (χ1n) is 7.54. The maximum absolute atomic E-state index is 12.3. The molecular weight excluding hydrogens is 343 g/mol. The van der Waals surface area contributed by atoms with Crippen LogP contribution in [0.4, 0.5) is 0 Å². The number of hydrogen-bond acceptors (Lipinski definition) is 2. The Morgan fingerprint density at radius 3 is 2.45 bits per heavy atom. The summed E-state index contributed by atoms with van der Waals surface area (Å²) in [6.07, 6.45) is 4.09. The highest BCUT2D eigenvalue weighted by atomic mass is 35.5. The lowest BCUT2D eigenvalue weighted by Crippen LogP contribution is -2.45. The number of rotatable bonds is 4. The molecule has 2 aliphatic rings. The summed E-state index contributed by atoms with van der Waals surface area (Å²) in [7, 11) is 0. The van der Waals surface area contributed by atoms with Gasteiger partial charge in [-0.1, -0.05) is 29.3 Å². The number of carbonyl (C=O) groups is 1. The third kappa shape index (κ3) is 3.38. The molecule has 3 rings (SSSR count). The number of nitrogens with one attached hydrogen (secondary N) is 1. The van der Waals surface area contributed by atoms with E-state index in [0.717, 1.165) is 18.4 Å². The summed E-state index contributed by atoms with van der Waals surface area (Å²) in [5.74, 6) is 1.11. The summed E-state index contributed by atoms with van der Waals surface area (Å²) in [5.41, 5.74) is 7.08. The second-order valence-electron chi connectivity index (χ2n) is 6.18. The van der Waals surface area contributed by atoms with Crippen molar-refractivity contribution in [3.05, 3.63) is 33.8 Å². The van der Waals surface area contributed by atoms with Crippen molar-refractivity contribution in [2.24, 2.45) is 23.5 Å². The smallest absolute Gasteiger partial charge is 0.224 e. The van der Waals surface area contributed by atoms with Crippen LogP contribution < -0.4 is 11.1 Å². The number of benzene rings is 1. The lowest BCUT2D eigenvalue weighted by Gasteiger charge is -2.27. The van der Waals surface area contributed by atoms with Crippen LogP contribution in [0.3, 0.4) is 0 Å². The third-order valence-electron chi connectivity index (χ3n) is 5.02. The van der Waals surface area contributed by atoms with Gasteiger partial charge < -0.3 is 11.1 Å². The fourth-order valence-electron chi connectivity index (χ4n) is 3.92. The van der Waals surface area contributed by atoms with Crippen LogP contribution in [0.25, 0.3) is 0 Å². The van der Waals surface area contributed by atoms with Crippen LogP contribution >= 0.6 is 35.6 Å². The van der Waals surface area contributed by atoms with Crippen molar-refractivity contribution < 1.29 is 4.79 Å². The molecule has 2 saturated carbocycles. The summed E-state index contributed by atoms with van der Waals surface area (Å²) in [4.78, 5) is 12.3. The van der Waals surface area contributed by atoms with Crippen LogP contribution in [0, 0.1) is 17.8 Å². The second-order valence-corrected chi connectivity index (χ2v) is 6.99. The second kappa shape index (κ2) is 7.39. The fraction of sp³-hybridized carbons (Fsp3) is 0.562. The van der Waals surface area contributed by atoms with E-state index in [9.17, 15) is 4.79 Å². The summed E-state index contributed by atoms with van der Waals surface area (Å²) >= 11 is 12.3. The molecule has 1 aromatic carbocycles. The van der Waals surface area contributed by atoms with Gasteiger partial charge in [-0.2, -0.15) is 0 Å². The minimum Gasteiger partial charge on any atom is -0.355 e. The zero-order valence-electron chi connectivity index (χ0n) is 12.2. The van der Waals surface area contributed by atoms with Crippen molar-refractivity contribution >= 4 is 41.5 Å². The Morgan fingerprint density at radius 2 is 1.86 bits per heavy atom. The first kappa shape index (κ1) is 17.9. The van der Waals surface area contributed by atoms with Gasteiger partial charge >= 0.3 is 0 Å². The van der Waals surface area contributed by atoms with Crippen molar-refractivity contribution in [2.45, 2.75) is 31.7 Å². The number of halogens is 3. The van der Waals surface area contributed by atoms with Gasteiger partial charge in [0.25, 0.3) is 0 Å². The molecule has 4 unspecified atom stereocenters. The topological polar surface area (TPSA) is 55.1 Å². The van der Waals surface area contributed by atoms with E-state index in [-0.39, 0.29) is 30.3 Å². The molecule has 1 amide bonds. The van der Waals surface area contributed by atoms with E-state index in [4.69, 9.17) is 28.9 Å². The molecule has 3 nitrogen and oxygen atoms in total. The minimum atomic E-state index is -0.00883. The zero-order valence-corrected chi connectivity index (χ0v) is 14.6. The Bertz CT molecular complexity index is 530. The maximum Gasteiger partial charge on any atom is 0.224 e. The average Bonchev–Trinajstić information content (AvgIpc) is 3.02. The van der Waals surface area contributed by atoms with Gasteiger partial charge in [-0.3, -0.25) is 4.79 Å². The van der Waals surface area contributed by atoms with Crippen molar-refractivity contribution in [1.29, 1.82) is 0 Å². The zero-order chi connectivity index (χ0) is 15.0. The molecule has 0 heterocycles. The highest BCUT2D eigenvalue weighted by molar-refractivity contribution is 6.35. The molecular formula is C16H21Cl3N2O. The molecule has 0 saturated heterocycles. The SMILES string of the molecule is Cl.NC1C2CCC(C2)C1C(=O)NCCc1c(Cl)cccc1Cl. The molecule has 2 aliphatic carbocycles. The standard InChI is InChI=1S/C16H20Cl2N2O.ClH/c17-12-2-1-3-13(18)11(12)6-7-20-16(21)14-9-4-5-10(8-9)15(14)19;/h1-3,9-10,14-15H,4-8,19H2,(H,20,21);1H.